The Morgan fingerprint density at radius 2 is 2.19 bits per heavy atom. The smallest absolute Gasteiger partial charge is 0.155 e. The number of imidazole rings is 1. The lowest BCUT2D eigenvalue weighted by atomic mass is 10.1. The summed E-state index contributed by atoms with van der Waals surface area (Å²) in [6.45, 7) is 2.83. The number of fused-ring (bicyclic) bond motifs is 1. The van der Waals surface area contributed by atoms with E-state index in [2.05, 4.69) is 44.2 Å². The molecule has 0 aliphatic heterocycles. The number of aromatic nitrogens is 3. The first-order valence-electron chi connectivity index (χ1n) is 6.60. The Morgan fingerprint density at radius 3 is 3.00 bits per heavy atom. The molecule has 6 heteroatoms. The molecule has 21 heavy (non-hydrogen) atoms. The van der Waals surface area contributed by atoms with E-state index < -0.39 is 0 Å². The van der Waals surface area contributed by atoms with Gasteiger partial charge in [0.15, 0.2) is 5.65 Å². The fraction of sp³-hybridized carbons (Fsp3) is 0.200. The minimum atomic E-state index is 0.208. The molecule has 0 radical (unpaired) electrons. The topological polar surface area (TPSA) is 42.2 Å². The molecule has 0 bridgehead atoms. The second-order valence-corrected chi connectivity index (χ2v) is 6.09. The number of hydrogen-bond acceptors (Lipinski definition) is 3. The van der Waals surface area contributed by atoms with Crippen molar-refractivity contribution in [2.75, 3.05) is 0 Å². The first kappa shape index (κ1) is 14.5. The molecule has 0 fully saturated rings. The summed E-state index contributed by atoms with van der Waals surface area (Å²) in [4.78, 5) is 8.51. The van der Waals surface area contributed by atoms with Gasteiger partial charge in [0.05, 0.1) is 18.1 Å². The Bertz CT molecular complexity index is 771. The van der Waals surface area contributed by atoms with Crippen molar-refractivity contribution >= 4 is 33.2 Å². The number of nitrogens with zero attached hydrogens (tertiary/aromatic N) is 3. The van der Waals surface area contributed by atoms with Crippen LogP contribution in [0.4, 0.5) is 0 Å². The number of benzene rings is 1. The number of hydrogen-bond donors (Lipinski definition) is 1. The van der Waals surface area contributed by atoms with E-state index in [0.717, 1.165) is 21.0 Å². The predicted molar refractivity (Wildman–Crippen MR) is 87.4 cm³/mol. The maximum atomic E-state index is 6.03. The number of nitrogens with one attached hydrogen (secondary N) is 1. The summed E-state index contributed by atoms with van der Waals surface area (Å²) in [5.74, 6) is 0. The van der Waals surface area contributed by atoms with Crippen molar-refractivity contribution in [2.45, 2.75) is 19.5 Å². The van der Waals surface area contributed by atoms with Crippen LogP contribution in [0.2, 0.25) is 5.02 Å². The van der Waals surface area contributed by atoms with Crippen LogP contribution in [0.1, 0.15) is 24.2 Å². The zero-order chi connectivity index (χ0) is 14.8. The third-order valence-corrected chi connectivity index (χ3v) is 4.02. The van der Waals surface area contributed by atoms with Gasteiger partial charge >= 0.3 is 0 Å². The third kappa shape index (κ3) is 3.26. The summed E-state index contributed by atoms with van der Waals surface area (Å²) in [7, 11) is 0. The van der Waals surface area contributed by atoms with Crippen molar-refractivity contribution in [1.29, 1.82) is 0 Å². The summed E-state index contributed by atoms with van der Waals surface area (Å²) in [5, 5.41) is 4.24. The minimum absolute atomic E-state index is 0.208. The van der Waals surface area contributed by atoms with Crippen LogP contribution in [0.25, 0.3) is 5.65 Å². The highest BCUT2D eigenvalue weighted by atomic mass is 79.9. The molecule has 1 atom stereocenters. The van der Waals surface area contributed by atoms with Crippen molar-refractivity contribution in [2.24, 2.45) is 0 Å². The van der Waals surface area contributed by atoms with E-state index in [4.69, 9.17) is 11.6 Å². The molecule has 2 aromatic heterocycles. The third-order valence-electron chi connectivity index (χ3n) is 3.38. The molecule has 3 rings (SSSR count). The lowest BCUT2D eigenvalue weighted by Gasteiger charge is -2.14. The standard InChI is InChI=1S/C15H14BrClN4/c1-10(11-3-2-4-12(17)5-11)18-6-13-7-20-15-8-19-14(16)9-21(13)15/h2-5,7-10,18H,6H2,1H3. The van der Waals surface area contributed by atoms with Gasteiger partial charge in [-0.15, -0.1) is 0 Å². The van der Waals surface area contributed by atoms with Crippen LogP contribution in [-0.4, -0.2) is 14.4 Å². The maximum absolute atomic E-state index is 6.03. The lowest BCUT2D eigenvalue weighted by molar-refractivity contribution is 0.566. The number of halogens is 2. The minimum Gasteiger partial charge on any atom is -0.305 e. The first-order chi connectivity index (χ1) is 10.1. The molecule has 0 saturated carbocycles. The molecule has 3 aromatic rings. The van der Waals surface area contributed by atoms with Crippen molar-refractivity contribution in [3.8, 4) is 0 Å². The second kappa shape index (κ2) is 6.13. The van der Waals surface area contributed by atoms with Gasteiger partial charge in [0.25, 0.3) is 0 Å². The zero-order valence-electron chi connectivity index (χ0n) is 11.4. The van der Waals surface area contributed by atoms with Crippen LogP contribution in [0.5, 0.6) is 0 Å². The molecule has 1 aromatic carbocycles. The normalized spacial score (nSPS) is 12.7. The molecule has 0 saturated heterocycles. The van der Waals surface area contributed by atoms with Crippen LogP contribution in [0.3, 0.4) is 0 Å². The second-order valence-electron chi connectivity index (χ2n) is 4.85. The molecular formula is C15H14BrClN4. The van der Waals surface area contributed by atoms with E-state index in [-0.39, 0.29) is 6.04 Å². The molecule has 108 valence electrons. The van der Waals surface area contributed by atoms with Gasteiger partial charge in [-0.05, 0) is 40.5 Å². The molecule has 4 nitrogen and oxygen atoms in total. The van der Waals surface area contributed by atoms with Gasteiger partial charge in [-0.2, -0.15) is 0 Å². The summed E-state index contributed by atoms with van der Waals surface area (Å²) in [6.07, 6.45) is 5.53. The highest BCUT2D eigenvalue weighted by Gasteiger charge is 2.08. The van der Waals surface area contributed by atoms with Crippen LogP contribution in [-0.2, 0) is 6.54 Å². The lowest BCUT2D eigenvalue weighted by Crippen LogP contribution is -2.19. The molecule has 0 spiro atoms. The highest BCUT2D eigenvalue weighted by molar-refractivity contribution is 9.10. The van der Waals surface area contributed by atoms with E-state index in [9.17, 15) is 0 Å². The monoisotopic (exact) mass is 364 g/mol. The van der Waals surface area contributed by atoms with E-state index in [1.54, 1.807) is 6.20 Å². The van der Waals surface area contributed by atoms with E-state index >= 15 is 0 Å². The summed E-state index contributed by atoms with van der Waals surface area (Å²) >= 11 is 9.41. The van der Waals surface area contributed by atoms with Crippen LogP contribution in [0, 0.1) is 0 Å². The summed E-state index contributed by atoms with van der Waals surface area (Å²) in [6, 6.07) is 8.10. The molecular weight excluding hydrogens is 352 g/mol. The van der Waals surface area contributed by atoms with Crippen molar-refractivity contribution in [3.63, 3.8) is 0 Å². The molecule has 2 heterocycles. The Kier molecular flexibility index (Phi) is 4.24. The number of rotatable bonds is 4. The van der Waals surface area contributed by atoms with E-state index in [1.807, 2.05) is 35.0 Å². The summed E-state index contributed by atoms with van der Waals surface area (Å²) in [5.41, 5.74) is 3.09. The highest BCUT2D eigenvalue weighted by Crippen LogP contribution is 2.18. The van der Waals surface area contributed by atoms with Crippen LogP contribution < -0.4 is 5.32 Å². The zero-order valence-corrected chi connectivity index (χ0v) is 13.8. The quantitative estimate of drug-likeness (QED) is 0.760. The van der Waals surface area contributed by atoms with Crippen molar-refractivity contribution in [3.05, 3.63) is 63.7 Å². The summed E-state index contributed by atoms with van der Waals surface area (Å²) < 4.78 is 2.81. The van der Waals surface area contributed by atoms with Crippen molar-refractivity contribution < 1.29 is 0 Å². The molecule has 0 amide bonds. The molecule has 1 unspecified atom stereocenters. The van der Waals surface area contributed by atoms with Gasteiger partial charge in [0.2, 0.25) is 0 Å². The average Bonchev–Trinajstić information content (AvgIpc) is 2.87. The van der Waals surface area contributed by atoms with Gasteiger partial charge in [0, 0.05) is 23.8 Å². The van der Waals surface area contributed by atoms with Crippen molar-refractivity contribution in [1.82, 2.24) is 19.7 Å². The van der Waals surface area contributed by atoms with Gasteiger partial charge in [-0.25, -0.2) is 9.97 Å². The molecule has 0 aliphatic carbocycles. The maximum Gasteiger partial charge on any atom is 0.155 e. The van der Waals surface area contributed by atoms with Gasteiger partial charge in [-0.1, -0.05) is 23.7 Å². The average molecular weight is 366 g/mol. The van der Waals surface area contributed by atoms with E-state index in [1.165, 1.54) is 5.56 Å². The first-order valence-corrected chi connectivity index (χ1v) is 7.77. The Morgan fingerprint density at radius 1 is 1.33 bits per heavy atom. The Balaban J connectivity index is 1.75. The Labute approximate surface area is 136 Å². The van der Waals surface area contributed by atoms with Gasteiger partial charge < -0.3 is 5.32 Å². The molecule has 1 N–H and O–H groups in total. The fourth-order valence-corrected chi connectivity index (χ4v) is 2.70. The van der Waals surface area contributed by atoms with E-state index in [0.29, 0.717) is 6.54 Å². The largest absolute Gasteiger partial charge is 0.305 e. The van der Waals surface area contributed by atoms with Crippen LogP contribution in [0.15, 0.2) is 47.5 Å². The fourth-order valence-electron chi connectivity index (χ4n) is 2.20. The van der Waals surface area contributed by atoms with Gasteiger partial charge in [0.1, 0.15) is 4.60 Å². The predicted octanol–water partition coefficient (Wildman–Crippen LogP) is 4.00. The molecule has 0 aliphatic rings. The SMILES string of the molecule is CC(NCc1cnc2cnc(Br)cn12)c1cccc(Cl)c1. The van der Waals surface area contributed by atoms with Gasteiger partial charge in [-0.3, -0.25) is 4.40 Å². The van der Waals surface area contributed by atoms with Crippen LogP contribution >= 0.6 is 27.5 Å². The Hall–Kier alpha value is -1.43.